The van der Waals surface area contributed by atoms with Gasteiger partial charge in [-0.1, -0.05) is 41.6 Å². The number of nitrogens with one attached hydrogen (secondary N) is 1. The predicted molar refractivity (Wildman–Crippen MR) is 79.1 cm³/mol. The van der Waals surface area contributed by atoms with E-state index in [1.807, 2.05) is 11.8 Å². The van der Waals surface area contributed by atoms with Gasteiger partial charge in [-0.25, -0.2) is 0 Å². The lowest BCUT2D eigenvalue weighted by atomic mass is 10.1. The average molecular weight is 260 g/mol. The maximum Gasteiger partial charge on any atom is 0.157 e. The SMILES string of the molecule is Cc1ccc(C(C)NC2=NCC(C3CC3)S2)cc1. The molecule has 1 heterocycles. The number of thioether (sulfide) groups is 1. The van der Waals surface area contributed by atoms with Gasteiger partial charge in [-0.2, -0.15) is 0 Å². The smallest absolute Gasteiger partial charge is 0.157 e. The third-order valence-electron chi connectivity index (χ3n) is 3.74. The molecule has 2 aliphatic rings. The summed E-state index contributed by atoms with van der Waals surface area (Å²) in [7, 11) is 0. The summed E-state index contributed by atoms with van der Waals surface area (Å²) in [4.78, 5) is 4.63. The maximum absolute atomic E-state index is 4.63. The molecule has 0 spiro atoms. The Morgan fingerprint density at radius 2 is 2.00 bits per heavy atom. The van der Waals surface area contributed by atoms with Gasteiger partial charge in [-0.15, -0.1) is 0 Å². The van der Waals surface area contributed by atoms with Crippen LogP contribution in [0.4, 0.5) is 0 Å². The molecule has 1 N–H and O–H groups in total. The molecule has 1 aliphatic carbocycles. The highest BCUT2D eigenvalue weighted by Crippen LogP contribution is 2.41. The van der Waals surface area contributed by atoms with Crippen molar-refractivity contribution < 1.29 is 0 Å². The van der Waals surface area contributed by atoms with Crippen molar-refractivity contribution in [3.8, 4) is 0 Å². The van der Waals surface area contributed by atoms with Crippen LogP contribution in [-0.2, 0) is 0 Å². The number of benzene rings is 1. The van der Waals surface area contributed by atoms with E-state index in [1.165, 1.54) is 24.0 Å². The third kappa shape index (κ3) is 2.72. The third-order valence-corrected chi connectivity index (χ3v) is 5.05. The summed E-state index contributed by atoms with van der Waals surface area (Å²) in [5.41, 5.74) is 2.64. The molecule has 1 saturated carbocycles. The molecule has 1 aliphatic heterocycles. The van der Waals surface area contributed by atoms with Crippen LogP contribution in [0, 0.1) is 12.8 Å². The Morgan fingerprint density at radius 3 is 2.67 bits per heavy atom. The van der Waals surface area contributed by atoms with Gasteiger partial charge in [0.25, 0.3) is 0 Å². The van der Waals surface area contributed by atoms with Crippen molar-refractivity contribution in [2.24, 2.45) is 10.9 Å². The van der Waals surface area contributed by atoms with E-state index in [0.29, 0.717) is 6.04 Å². The summed E-state index contributed by atoms with van der Waals surface area (Å²) < 4.78 is 0. The van der Waals surface area contributed by atoms with Crippen LogP contribution >= 0.6 is 11.8 Å². The van der Waals surface area contributed by atoms with Crippen LogP contribution in [0.3, 0.4) is 0 Å². The van der Waals surface area contributed by atoms with Crippen molar-refractivity contribution in [1.29, 1.82) is 0 Å². The van der Waals surface area contributed by atoms with E-state index in [-0.39, 0.29) is 0 Å². The second-order valence-electron chi connectivity index (χ2n) is 5.42. The van der Waals surface area contributed by atoms with E-state index in [9.17, 15) is 0 Å². The molecular formula is C15H20N2S. The number of aliphatic imine (C=N–C) groups is 1. The summed E-state index contributed by atoms with van der Waals surface area (Å²) in [5.74, 6) is 0.938. The first-order valence-electron chi connectivity index (χ1n) is 6.76. The molecule has 96 valence electrons. The number of hydrogen-bond donors (Lipinski definition) is 1. The standard InChI is InChI=1S/C15H20N2S/c1-10-3-5-12(6-4-10)11(2)17-15-16-9-14(18-15)13-7-8-13/h3-6,11,13-14H,7-9H2,1-2H3,(H,16,17). The van der Waals surface area contributed by atoms with E-state index in [0.717, 1.165) is 22.9 Å². The molecule has 1 aromatic carbocycles. The lowest BCUT2D eigenvalue weighted by Crippen LogP contribution is -2.23. The summed E-state index contributed by atoms with van der Waals surface area (Å²) in [6.45, 7) is 5.34. The lowest BCUT2D eigenvalue weighted by Gasteiger charge is -2.15. The first kappa shape index (κ1) is 12.1. The molecule has 0 radical (unpaired) electrons. The number of nitrogens with zero attached hydrogens (tertiary/aromatic N) is 1. The van der Waals surface area contributed by atoms with Gasteiger partial charge in [0.15, 0.2) is 5.17 Å². The fraction of sp³-hybridized carbons (Fsp3) is 0.533. The molecule has 2 unspecified atom stereocenters. The Labute approximate surface area is 113 Å². The van der Waals surface area contributed by atoms with Crippen LogP contribution in [0.2, 0.25) is 0 Å². The maximum atomic E-state index is 4.63. The lowest BCUT2D eigenvalue weighted by molar-refractivity contribution is 0.720. The normalized spacial score (nSPS) is 24.8. The van der Waals surface area contributed by atoms with Crippen LogP contribution in [0.5, 0.6) is 0 Å². The van der Waals surface area contributed by atoms with E-state index >= 15 is 0 Å². The fourth-order valence-corrected chi connectivity index (χ4v) is 3.60. The summed E-state index contributed by atoms with van der Waals surface area (Å²) in [6.07, 6.45) is 2.82. The van der Waals surface area contributed by atoms with Crippen LogP contribution < -0.4 is 5.32 Å². The Balaban J connectivity index is 1.57. The molecule has 0 saturated heterocycles. The van der Waals surface area contributed by atoms with Gasteiger partial charge in [0.2, 0.25) is 0 Å². The van der Waals surface area contributed by atoms with Gasteiger partial charge in [-0.3, -0.25) is 4.99 Å². The van der Waals surface area contributed by atoms with Gasteiger partial charge in [-0.05, 0) is 38.2 Å². The van der Waals surface area contributed by atoms with Crippen molar-refractivity contribution in [2.45, 2.75) is 38.0 Å². The largest absolute Gasteiger partial charge is 0.358 e. The first-order valence-corrected chi connectivity index (χ1v) is 7.64. The van der Waals surface area contributed by atoms with Crippen molar-refractivity contribution >= 4 is 16.9 Å². The highest BCUT2D eigenvalue weighted by Gasteiger charge is 2.35. The Hall–Kier alpha value is -0.960. The second kappa shape index (κ2) is 4.96. The van der Waals surface area contributed by atoms with Gasteiger partial charge in [0.1, 0.15) is 0 Å². The topological polar surface area (TPSA) is 24.4 Å². The van der Waals surface area contributed by atoms with Crippen molar-refractivity contribution in [2.75, 3.05) is 6.54 Å². The minimum absolute atomic E-state index is 0.342. The van der Waals surface area contributed by atoms with Crippen LogP contribution in [0.15, 0.2) is 29.3 Å². The summed E-state index contributed by atoms with van der Waals surface area (Å²) >= 11 is 1.95. The highest BCUT2D eigenvalue weighted by molar-refractivity contribution is 8.14. The molecule has 3 heteroatoms. The van der Waals surface area contributed by atoms with E-state index < -0.39 is 0 Å². The van der Waals surface area contributed by atoms with E-state index in [2.05, 4.69) is 48.4 Å². The van der Waals surface area contributed by atoms with Crippen molar-refractivity contribution in [3.05, 3.63) is 35.4 Å². The molecule has 1 aromatic rings. The molecule has 2 nitrogen and oxygen atoms in total. The fourth-order valence-electron chi connectivity index (χ4n) is 2.31. The predicted octanol–water partition coefficient (Wildman–Crippen LogP) is 3.53. The van der Waals surface area contributed by atoms with Gasteiger partial charge in [0, 0.05) is 5.25 Å². The number of rotatable bonds is 3. The Morgan fingerprint density at radius 1 is 1.28 bits per heavy atom. The molecule has 0 amide bonds. The molecule has 3 rings (SSSR count). The van der Waals surface area contributed by atoms with Gasteiger partial charge in [0.05, 0.1) is 12.6 Å². The Bertz CT molecular complexity index is 448. The quantitative estimate of drug-likeness (QED) is 0.899. The van der Waals surface area contributed by atoms with Crippen LogP contribution in [-0.4, -0.2) is 17.0 Å². The average Bonchev–Trinajstić information content (AvgIpc) is 3.11. The first-order chi connectivity index (χ1) is 8.72. The second-order valence-corrected chi connectivity index (χ2v) is 6.64. The van der Waals surface area contributed by atoms with Crippen LogP contribution in [0.1, 0.15) is 36.9 Å². The monoisotopic (exact) mass is 260 g/mol. The molecule has 0 aromatic heterocycles. The minimum Gasteiger partial charge on any atom is -0.358 e. The molecule has 2 atom stereocenters. The van der Waals surface area contributed by atoms with Gasteiger partial charge < -0.3 is 5.32 Å². The van der Waals surface area contributed by atoms with E-state index in [4.69, 9.17) is 0 Å². The van der Waals surface area contributed by atoms with Crippen molar-refractivity contribution in [1.82, 2.24) is 5.32 Å². The zero-order chi connectivity index (χ0) is 12.5. The van der Waals surface area contributed by atoms with Crippen molar-refractivity contribution in [3.63, 3.8) is 0 Å². The minimum atomic E-state index is 0.342. The summed E-state index contributed by atoms with van der Waals surface area (Å²) in [5, 5.41) is 5.43. The van der Waals surface area contributed by atoms with Crippen LogP contribution in [0.25, 0.3) is 0 Å². The molecule has 0 bridgehead atoms. The zero-order valence-corrected chi connectivity index (χ0v) is 11.8. The molecule has 18 heavy (non-hydrogen) atoms. The van der Waals surface area contributed by atoms with E-state index in [1.54, 1.807) is 0 Å². The summed E-state index contributed by atoms with van der Waals surface area (Å²) in [6, 6.07) is 9.08. The zero-order valence-electron chi connectivity index (χ0n) is 11.0. The number of aryl methyl sites for hydroxylation is 1. The highest BCUT2D eigenvalue weighted by atomic mass is 32.2. The van der Waals surface area contributed by atoms with Gasteiger partial charge >= 0.3 is 0 Å². The Kier molecular flexibility index (Phi) is 3.33. The molecular weight excluding hydrogens is 240 g/mol. The number of amidine groups is 1. The molecule has 1 fully saturated rings. The number of hydrogen-bond acceptors (Lipinski definition) is 3.